The van der Waals surface area contributed by atoms with Gasteiger partial charge in [-0.15, -0.1) is 0 Å². The quantitative estimate of drug-likeness (QED) is 0.677. The van der Waals surface area contributed by atoms with E-state index in [9.17, 15) is 4.79 Å². The summed E-state index contributed by atoms with van der Waals surface area (Å²) in [7, 11) is 0. The van der Waals surface area contributed by atoms with Crippen LogP contribution in [0.5, 0.6) is 5.75 Å². The minimum atomic E-state index is -0.185. The molecule has 4 nitrogen and oxygen atoms in total. The summed E-state index contributed by atoms with van der Waals surface area (Å²) in [6.45, 7) is 6.72. The van der Waals surface area contributed by atoms with Crippen LogP contribution in [-0.4, -0.2) is 50.1 Å². The summed E-state index contributed by atoms with van der Waals surface area (Å²) in [5.74, 6) is 0.836. The van der Waals surface area contributed by atoms with Crippen molar-refractivity contribution in [3.8, 4) is 5.75 Å². The Morgan fingerprint density at radius 1 is 1.08 bits per heavy atom. The largest absolute Gasteiger partial charge is 0.494 e. The molecular formula is C22H27NO3. The highest BCUT2D eigenvalue weighted by molar-refractivity contribution is 6.01. The van der Waals surface area contributed by atoms with Gasteiger partial charge in [0.1, 0.15) is 5.75 Å². The zero-order chi connectivity index (χ0) is 18.2. The first-order valence-corrected chi connectivity index (χ1v) is 9.40. The average Bonchev–Trinajstić information content (AvgIpc) is 2.72. The number of carbonyl (C=O) groups excluding carboxylic acids is 1. The van der Waals surface area contributed by atoms with Crippen molar-refractivity contribution in [1.82, 2.24) is 4.90 Å². The Morgan fingerprint density at radius 3 is 2.42 bits per heavy atom. The molecule has 0 amide bonds. The summed E-state index contributed by atoms with van der Waals surface area (Å²) >= 11 is 0. The molecule has 138 valence electrons. The zero-order valence-corrected chi connectivity index (χ0v) is 15.4. The summed E-state index contributed by atoms with van der Waals surface area (Å²) in [5, 5.41) is 0. The number of Topliss-reactive ketones (excluding diaryl/α,β-unsaturated/α-hetero) is 1. The van der Waals surface area contributed by atoms with E-state index in [-0.39, 0.29) is 11.7 Å². The van der Waals surface area contributed by atoms with E-state index in [1.807, 2.05) is 54.6 Å². The number of hydrogen-bond acceptors (Lipinski definition) is 4. The Hall–Kier alpha value is -2.17. The molecule has 0 spiro atoms. The van der Waals surface area contributed by atoms with E-state index in [2.05, 4.69) is 11.8 Å². The predicted octanol–water partition coefficient (Wildman–Crippen LogP) is 3.77. The molecule has 1 aliphatic heterocycles. The molecule has 26 heavy (non-hydrogen) atoms. The van der Waals surface area contributed by atoms with Crippen molar-refractivity contribution in [2.75, 3.05) is 39.5 Å². The summed E-state index contributed by atoms with van der Waals surface area (Å²) in [6.07, 6.45) is 0.980. The van der Waals surface area contributed by atoms with Crippen molar-refractivity contribution in [1.29, 1.82) is 0 Å². The number of ether oxygens (including phenoxy) is 2. The molecule has 1 fully saturated rings. The van der Waals surface area contributed by atoms with E-state index in [4.69, 9.17) is 9.47 Å². The Kier molecular flexibility index (Phi) is 6.81. The lowest BCUT2D eigenvalue weighted by atomic mass is 9.90. The summed E-state index contributed by atoms with van der Waals surface area (Å²) in [4.78, 5) is 15.5. The van der Waals surface area contributed by atoms with Gasteiger partial charge in [-0.3, -0.25) is 9.69 Å². The predicted molar refractivity (Wildman–Crippen MR) is 103 cm³/mol. The number of ketones is 1. The maximum Gasteiger partial charge on any atom is 0.171 e. The highest BCUT2D eigenvalue weighted by Crippen LogP contribution is 2.25. The third-order valence-corrected chi connectivity index (χ3v) is 4.67. The zero-order valence-electron chi connectivity index (χ0n) is 15.4. The molecule has 4 heteroatoms. The summed E-state index contributed by atoms with van der Waals surface area (Å²) in [6, 6.07) is 17.6. The van der Waals surface area contributed by atoms with Crippen LogP contribution in [0, 0.1) is 0 Å². The van der Waals surface area contributed by atoms with Crippen LogP contribution in [0.1, 0.15) is 35.2 Å². The summed E-state index contributed by atoms with van der Waals surface area (Å²) < 4.78 is 11.1. The van der Waals surface area contributed by atoms with Crippen molar-refractivity contribution in [2.45, 2.75) is 19.3 Å². The Labute approximate surface area is 155 Å². The fourth-order valence-corrected chi connectivity index (χ4v) is 3.20. The van der Waals surface area contributed by atoms with E-state index in [0.29, 0.717) is 13.2 Å². The average molecular weight is 353 g/mol. The Balaban J connectivity index is 1.80. The molecule has 1 aliphatic rings. The van der Waals surface area contributed by atoms with E-state index in [0.717, 1.165) is 49.6 Å². The molecule has 1 saturated heterocycles. The van der Waals surface area contributed by atoms with Gasteiger partial charge in [-0.2, -0.15) is 0 Å². The molecule has 0 saturated carbocycles. The molecule has 1 heterocycles. The van der Waals surface area contributed by atoms with Crippen LogP contribution in [0.3, 0.4) is 0 Å². The Morgan fingerprint density at radius 2 is 1.77 bits per heavy atom. The second-order valence-corrected chi connectivity index (χ2v) is 6.61. The molecule has 1 unspecified atom stereocenters. The maximum atomic E-state index is 13.2. The van der Waals surface area contributed by atoms with E-state index in [1.165, 1.54) is 0 Å². The molecular weight excluding hydrogens is 326 g/mol. The molecule has 1 atom stereocenters. The van der Waals surface area contributed by atoms with Crippen LogP contribution >= 0.6 is 0 Å². The number of benzene rings is 2. The van der Waals surface area contributed by atoms with Gasteiger partial charge in [0.2, 0.25) is 0 Å². The highest BCUT2D eigenvalue weighted by Gasteiger charge is 2.25. The molecule has 0 N–H and O–H groups in total. The van der Waals surface area contributed by atoms with Crippen LogP contribution in [-0.2, 0) is 4.74 Å². The Bertz CT molecular complexity index is 678. The van der Waals surface area contributed by atoms with Crippen LogP contribution < -0.4 is 4.74 Å². The second-order valence-electron chi connectivity index (χ2n) is 6.61. The maximum absolute atomic E-state index is 13.2. The third-order valence-electron chi connectivity index (χ3n) is 4.67. The van der Waals surface area contributed by atoms with Crippen LogP contribution in [0.15, 0.2) is 54.6 Å². The fraction of sp³-hybridized carbons (Fsp3) is 0.409. The third kappa shape index (κ3) is 4.93. The van der Waals surface area contributed by atoms with Crippen LogP contribution in [0.25, 0.3) is 0 Å². The van der Waals surface area contributed by atoms with Gasteiger partial charge in [0.05, 0.1) is 25.7 Å². The van der Waals surface area contributed by atoms with Gasteiger partial charge >= 0.3 is 0 Å². The van der Waals surface area contributed by atoms with Gasteiger partial charge in [-0.25, -0.2) is 0 Å². The number of morpholine rings is 1. The van der Waals surface area contributed by atoms with Gasteiger partial charge in [0.15, 0.2) is 5.78 Å². The van der Waals surface area contributed by atoms with Gasteiger partial charge in [-0.1, -0.05) is 49.4 Å². The van der Waals surface area contributed by atoms with Crippen LogP contribution in [0.4, 0.5) is 0 Å². The fourth-order valence-electron chi connectivity index (χ4n) is 3.20. The van der Waals surface area contributed by atoms with Crippen LogP contribution in [0.2, 0.25) is 0 Å². The van der Waals surface area contributed by atoms with Gasteiger partial charge in [-0.05, 0) is 24.1 Å². The smallest absolute Gasteiger partial charge is 0.171 e. The van der Waals surface area contributed by atoms with Crippen molar-refractivity contribution < 1.29 is 14.3 Å². The van der Waals surface area contributed by atoms with Crippen molar-refractivity contribution in [3.05, 3.63) is 65.7 Å². The van der Waals surface area contributed by atoms with Gasteiger partial charge in [0.25, 0.3) is 0 Å². The molecule has 0 bridgehead atoms. The molecule has 0 radical (unpaired) electrons. The highest BCUT2D eigenvalue weighted by atomic mass is 16.5. The molecule has 0 aliphatic carbocycles. The molecule has 2 aromatic rings. The first kappa shape index (κ1) is 18.6. The number of nitrogens with zero attached hydrogens (tertiary/aromatic N) is 1. The normalized spacial score (nSPS) is 16.2. The van der Waals surface area contributed by atoms with Gasteiger partial charge in [0, 0.05) is 25.2 Å². The minimum absolute atomic E-state index is 0.166. The van der Waals surface area contributed by atoms with Crippen molar-refractivity contribution in [3.63, 3.8) is 0 Å². The summed E-state index contributed by atoms with van der Waals surface area (Å²) in [5.41, 5.74) is 1.80. The monoisotopic (exact) mass is 353 g/mol. The van der Waals surface area contributed by atoms with E-state index >= 15 is 0 Å². The minimum Gasteiger partial charge on any atom is -0.494 e. The number of rotatable bonds is 8. The first-order chi connectivity index (χ1) is 12.8. The topological polar surface area (TPSA) is 38.8 Å². The first-order valence-electron chi connectivity index (χ1n) is 9.40. The lowest BCUT2D eigenvalue weighted by molar-refractivity contribution is 0.0345. The molecule has 0 aromatic heterocycles. The van der Waals surface area contributed by atoms with E-state index in [1.54, 1.807) is 0 Å². The molecule has 2 aromatic carbocycles. The number of hydrogen-bond donors (Lipinski definition) is 0. The standard InChI is InChI=1S/C22H27NO3/c1-2-14-26-20-10-8-18(9-11-20)21(17-23-12-15-25-16-13-23)22(24)19-6-4-3-5-7-19/h3-11,21H,2,12-17H2,1H3. The SMILES string of the molecule is CCCOc1ccc(C(CN2CCOCC2)C(=O)c2ccccc2)cc1. The van der Waals surface area contributed by atoms with Crippen molar-refractivity contribution in [2.24, 2.45) is 0 Å². The van der Waals surface area contributed by atoms with Crippen molar-refractivity contribution >= 4 is 5.78 Å². The van der Waals surface area contributed by atoms with E-state index < -0.39 is 0 Å². The lowest BCUT2D eigenvalue weighted by Crippen LogP contribution is -2.40. The lowest BCUT2D eigenvalue weighted by Gasteiger charge is -2.30. The second kappa shape index (κ2) is 9.51. The number of carbonyl (C=O) groups is 1. The van der Waals surface area contributed by atoms with Gasteiger partial charge < -0.3 is 9.47 Å². The molecule has 3 rings (SSSR count).